The van der Waals surface area contributed by atoms with E-state index < -0.39 is 0 Å². The highest BCUT2D eigenvalue weighted by Gasteiger charge is 2.00. The molecule has 2 rings (SSSR count). The zero-order chi connectivity index (χ0) is 12.8. The van der Waals surface area contributed by atoms with Crippen molar-refractivity contribution in [1.82, 2.24) is 4.98 Å². The summed E-state index contributed by atoms with van der Waals surface area (Å²) < 4.78 is 0. The molecule has 0 saturated heterocycles. The number of hydrogen-bond donors (Lipinski definition) is 2. The topological polar surface area (TPSA) is 74.7 Å². The van der Waals surface area contributed by atoms with Gasteiger partial charge in [0.25, 0.3) is 0 Å². The summed E-state index contributed by atoms with van der Waals surface area (Å²) in [6.07, 6.45) is 4.49. The summed E-state index contributed by atoms with van der Waals surface area (Å²) in [6.45, 7) is 0.780. The van der Waals surface area contributed by atoms with Gasteiger partial charge in [-0.25, -0.2) is 0 Å². The number of aromatic nitrogens is 1. The van der Waals surface area contributed by atoms with Gasteiger partial charge in [0.1, 0.15) is 0 Å². The van der Waals surface area contributed by atoms with E-state index in [0.29, 0.717) is 11.3 Å². The zero-order valence-electron chi connectivity index (χ0n) is 9.93. The smallest absolute Gasteiger partial charge is 0.0992 e. The second-order valence-electron chi connectivity index (χ2n) is 3.95. The van der Waals surface area contributed by atoms with E-state index in [9.17, 15) is 0 Å². The molecule has 4 heteroatoms. The van der Waals surface area contributed by atoms with Gasteiger partial charge in [0.15, 0.2) is 0 Å². The van der Waals surface area contributed by atoms with Crippen LogP contribution in [0.4, 0.5) is 11.4 Å². The Morgan fingerprint density at radius 2 is 2.22 bits per heavy atom. The molecule has 1 aromatic carbocycles. The predicted octanol–water partition coefficient (Wildman–Crippen LogP) is 2.19. The Bertz CT molecular complexity index is 558. The molecule has 0 bridgehead atoms. The average molecular weight is 238 g/mol. The lowest BCUT2D eigenvalue weighted by molar-refractivity contribution is 1.01. The Balaban J connectivity index is 1.93. The highest BCUT2D eigenvalue weighted by Crippen LogP contribution is 2.19. The molecule has 0 spiro atoms. The Kier molecular flexibility index (Phi) is 3.77. The van der Waals surface area contributed by atoms with Crippen LogP contribution in [-0.2, 0) is 6.42 Å². The van der Waals surface area contributed by atoms with Gasteiger partial charge in [-0.05, 0) is 36.2 Å². The van der Waals surface area contributed by atoms with Gasteiger partial charge >= 0.3 is 0 Å². The highest BCUT2D eigenvalue weighted by atomic mass is 14.9. The highest BCUT2D eigenvalue weighted by molar-refractivity contribution is 5.68. The van der Waals surface area contributed by atoms with Gasteiger partial charge in [-0.3, -0.25) is 4.98 Å². The summed E-state index contributed by atoms with van der Waals surface area (Å²) in [4.78, 5) is 4.06. The minimum atomic E-state index is 0.574. The van der Waals surface area contributed by atoms with E-state index in [1.165, 1.54) is 5.56 Å². The molecule has 0 radical (unpaired) electrons. The summed E-state index contributed by atoms with van der Waals surface area (Å²) in [5, 5.41) is 12.0. The summed E-state index contributed by atoms with van der Waals surface area (Å²) in [6, 6.07) is 11.3. The van der Waals surface area contributed by atoms with E-state index in [-0.39, 0.29) is 0 Å². The first-order valence-corrected chi connectivity index (χ1v) is 5.72. The summed E-state index contributed by atoms with van der Waals surface area (Å²) in [5.41, 5.74) is 9.06. The molecule has 0 aliphatic rings. The molecule has 2 aromatic rings. The minimum absolute atomic E-state index is 0.574. The summed E-state index contributed by atoms with van der Waals surface area (Å²) >= 11 is 0. The van der Waals surface area contributed by atoms with Crippen molar-refractivity contribution < 1.29 is 0 Å². The average Bonchev–Trinajstić information content (AvgIpc) is 2.42. The van der Waals surface area contributed by atoms with Gasteiger partial charge in [0.2, 0.25) is 0 Å². The fraction of sp³-hybridized carbons (Fsp3) is 0.143. The van der Waals surface area contributed by atoms with E-state index in [0.717, 1.165) is 18.7 Å². The zero-order valence-corrected chi connectivity index (χ0v) is 9.93. The van der Waals surface area contributed by atoms with Crippen molar-refractivity contribution in [3.8, 4) is 6.07 Å². The van der Waals surface area contributed by atoms with Gasteiger partial charge in [0, 0.05) is 18.9 Å². The maximum absolute atomic E-state index is 8.74. The van der Waals surface area contributed by atoms with Crippen molar-refractivity contribution >= 4 is 11.4 Å². The predicted molar refractivity (Wildman–Crippen MR) is 72.0 cm³/mol. The molecule has 0 unspecified atom stereocenters. The Labute approximate surface area is 106 Å². The molecule has 0 saturated carbocycles. The van der Waals surface area contributed by atoms with Crippen LogP contribution in [0.5, 0.6) is 0 Å². The van der Waals surface area contributed by atoms with E-state index in [1.54, 1.807) is 18.3 Å². The fourth-order valence-corrected chi connectivity index (χ4v) is 1.68. The molecule has 0 amide bonds. The summed E-state index contributed by atoms with van der Waals surface area (Å²) in [7, 11) is 0. The van der Waals surface area contributed by atoms with Crippen LogP contribution in [0.25, 0.3) is 0 Å². The third-order valence-electron chi connectivity index (χ3n) is 2.63. The molecule has 18 heavy (non-hydrogen) atoms. The first-order valence-electron chi connectivity index (χ1n) is 5.72. The van der Waals surface area contributed by atoms with E-state index in [1.807, 2.05) is 24.4 Å². The van der Waals surface area contributed by atoms with Crippen LogP contribution in [0.2, 0.25) is 0 Å². The first kappa shape index (κ1) is 11.9. The second kappa shape index (κ2) is 5.69. The number of nitriles is 1. The lowest BCUT2D eigenvalue weighted by Gasteiger charge is -2.09. The third-order valence-corrected chi connectivity index (χ3v) is 2.63. The van der Waals surface area contributed by atoms with Crippen LogP contribution in [0, 0.1) is 11.3 Å². The number of anilines is 2. The van der Waals surface area contributed by atoms with Crippen molar-refractivity contribution in [3.05, 3.63) is 53.9 Å². The molecular formula is C14H14N4. The first-order chi connectivity index (χ1) is 8.79. The molecule has 4 nitrogen and oxygen atoms in total. The molecule has 0 fully saturated rings. The number of nitrogens with two attached hydrogens (primary N) is 1. The van der Waals surface area contributed by atoms with Crippen molar-refractivity contribution in [1.29, 1.82) is 5.26 Å². The molecule has 0 aliphatic carbocycles. The molecule has 0 aliphatic heterocycles. The number of benzene rings is 1. The normalized spacial score (nSPS) is 9.72. The maximum atomic E-state index is 8.74. The fourth-order valence-electron chi connectivity index (χ4n) is 1.68. The van der Waals surface area contributed by atoms with Crippen molar-refractivity contribution in [2.45, 2.75) is 6.42 Å². The molecule has 90 valence electrons. The van der Waals surface area contributed by atoms with Crippen LogP contribution in [-0.4, -0.2) is 11.5 Å². The van der Waals surface area contributed by atoms with Crippen LogP contribution in [0.3, 0.4) is 0 Å². The Hall–Kier alpha value is -2.54. The molecule has 0 atom stereocenters. The van der Waals surface area contributed by atoms with E-state index in [2.05, 4.69) is 16.4 Å². The third kappa shape index (κ3) is 2.98. The van der Waals surface area contributed by atoms with Crippen LogP contribution >= 0.6 is 0 Å². The van der Waals surface area contributed by atoms with Crippen molar-refractivity contribution in [2.75, 3.05) is 17.6 Å². The van der Waals surface area contributed by atoms with Crippen molar-refractivity contribution in [2.24, 2.45) is 0 Å². The Morgan fingerprint density at radius 3 is 2.89 bits per heavy atom. The second-order valence-corrected chi connectivity index (χ2v) is 3.95. The monoisotopic (exact) mass is 238 g/mol. The number of nitrogens with one attached hydrogen (secondary N) is 1. The maximum Gasteiger partial charge on any atom is 0.0992 e. The summed E-state index contributed by atoms with van der Waals surface area (Å²) in [5.74, 6) is 0. The number of hydrogen-bond acceptors (Lipinski definition) is 4. The van der Waals surface area contributed by atoms with Gasteiger partial charge in [-0.2, -0.15) is 5.26 Å². The molecule has 1 heterocycles. The molecule has 3 N–H and O–H groups in total. The SMILES string of the molecule is N#Cc1ccc(NCCc2cccnc2)c(N)c1. The largest absolute Gasteiger partial charge is 0.397 e. The van der Waals surface area contributed by atoms with Gasteiger partial charge < -0.3 is 11.1 Å². The lowest BCUT2D eigenvalue weighted by Crippen LogP contribution is -2.07. The van der Waals surface area contributed by atoms with Crippen LogP contribution in [0.15, 0.2) is 42.7 Å². The Morgan fingerprint density at radius 1 is 1.33 bits per heavy atom. The minimum Gasteiger partial charge on any atom is -0.397 e. The van der Waals surface area contributed by atoms with Gasteiger partial charge in [-0.15, -0.1) is 0 Å². The number of nitrogens with zero attached hydrogens (tertiary/aromatic N) is 2. The lowest BCUT2D eigenvalue weighted by atomic mass is 10.1. The standard InChI is InChI=1S/C14H14N4/c15-9-12-3-4-14(13(16)8-12)18-7-5-11-2-1-6-17-10-11/h1-4,6,8,10,18H,5,7,16H2. The van der Waals surface area contributed by atoms with Gasteiger partial charge in [0.05, 0.1) is 23.0 Å². The van der Waals surface area contributed by atoms with Crippen molar-refractivity contribution in [3.63, 3.8) is 0 Å². The van der Waals surface area contributed by atoms with Gasteiger partial charge in [-0.1, -0.05) is 6.07 Å². The van der Waals surface area contributed by atoms with E-state index >= 15 is 0 Å². The molecular weight excluding hydrogens is 224 g/mol. The quantitative estimate of drug-likeness (QED) is 0.801. The van der Waals surface area contributed by atoms with E-state index in [4.69, 9.17) is 11.0 Å². The molecule has 1 aromatic heterocycles. The number of nitrogen functional groups attached to an aromatic ring is 1. The number of rotatable bonds is 4. The van der Waals surface area contributed by atoms with Crippen LogP contribution < -0.4 is 11.1 Å². The number of pyridine rings is 1. The van der Waals surface area contributed by atoms with Crippen LogP contribution in [0.1, 0.15) is 11.1 Å².